The summed E-state index contributed by atoms with van der Waals surface area (Å²) in [5.74, 6) is -2.08. The molecular formula is C29H25F3N2O7. The van der Waals surface area contributed by atoms with E-state index >= 15 is 0 Å². The lowest BCUT2D eigenvalue weighted by atomic mass is 10.0. The molecular weight excluding hydrogens is 545 g/mol. The van der Waals surface area contributed by atoms with E-state index in [0.717, 1.165) is 17.7 Å². The number of aromatic nitrogens is 1. The number of hydrogen-bond acceptors (Lipinski definition) is 7. The molecule has 4 aromatic rings. The molecule has 3 N–H and O–H groups in total. The Morgan fingerprint density at radius 3 is 2.37 bits per heavy atom. The standard InChI is InChI=1S/C29H25F3N2O7/c1-39-16-19(11-17-5-8-20(35)9-6-17)33-27(36)26-14-24(28(37)38)23-12-18(7-10-25(23)34-26)15-40-21-3-2-4-22(13-21)41-29(30,31)32/h2-10,12-14,19,35H,11,15-16H2,1H3,(H,33,36)(H,37,38). The van der Waals surface area contributed by atoms with Gasteiger partial charge in [-0.25, -0.2) is 9.78 Å². The van der Waals surface area contributed by atoms with Crippen LogP contribution in [-0.4, -0.2) is 53.2 Å². The second kappa shape index (κ2) is 12.6. The summed E-state index contributed by atoms with van der Waals surface area (Å²) in [6.45, 7) is 0.100. The summed E-state index contributed by atoms with van der Waals surface area (Å²) in [6.07, 6.45) is -4.45. The summed E-state index contributed by atoms with van der Waals surface area (Å²) in [7, 11) is 1.49. The lowest BCUT2D eigenvalue weighted by Crippen LogP contribution is -2.40. The van der Waals surface area contributed by atoms with E-state index in [0.29, 0.717) is 12.0 Å². The first-order valence-corrected chi connectivity index (χ1v) is 12.2. The summed E-state index contributed by atoms with van der Waals surface area (Å²) in [6, 6.07) is 16.9. The van der Waals surface area contributed by atoms with Crippen LogP contribution in [0.1, 0.15) is 32.0 Å². The van der Waals surface area contributed by atoms with Gasteiger partial charge in [0, 0.05) is 18.6 Å². The van der Waals surface area contributed by atoms with Crippen molar-refractivity contribution in [2.75, 3.05) is 13.7 Å². The van der Waals surface area contributed by atoms with Gasteiger partial charge in [-0.05, 0) is 60.0 Å². The largest absolute Gasteiger partial charge is 0.573 e. The molecule has 1 atom stereocenters. The molecule has 4 rings (SSSR count). The van der Waals surface area contributed by atoms with Crippen molar-refractivity contribution in [3.63, 3.8) is 0 Å². The Balaban J connectivity index is 1.52. The lowest BCUT2D eigenvalue weighted by molar-refractivity contribution is -0.274. The average Bonchev–Trinajstić information content (AvgIpc) is 2.91. The number of pyridine rings is 1. The van der Waals surface area contributed by atoms with Crippen LogP contribution in [0.3, 0.4) is 0 Å². The van der Waals surface area contributed by atoms with Crippen molar-refractivity contribution in [3.8, 4) is 17.2 Å². The van der Waals surface area contributed by atoms with Crippen LogP contribution in [0.5, 0.6) is 17.2 Å². The maximum atomic E-state index is 13.1. The van der Waals surface area contributed by atoms with E-state index in [4.69, 9.17) is 9.47 Å². The van der Waals surface area contributed by atoms with E-state index in [9.17, 15) is 33.0 Å². The highest BCUT2D eigenvalue weighted by Gasteiger charge is 2.31. The summed E-state index contributed by atoms with van der Waals surface area (Å²) >= 11 is 0. The van der Waals surface area contributed by atoms with Crippen molar-refractivity contribution >= 4 is 22.8 Å². The highest BCUT2D eigenvalue weighted by Crippen LogP contribution is 2.27. The van der Waals surface area contributed by atoms with Crippen LogP contribution < -0.4 is 14.8 Å². The van der Waals surface area contributed by atoms with Crippen molar-refractivity contribution in [2.45, 2.75) is 25.4 Å². The first-order valence-electron chi connectivity index (χ1n) is 12.2. The number of phenolic OH excluding ortho intramolecular Hbond substituents is 1. The number of carboxylic acids is 1. The highest BCUT2D eigenvalue weighted by atomic mass is 19.4. The number of hydrogen-bond donors (Lipinski definition) is 3. The number of carboxylic acid groups (broad SMARTS) is 1. The lowest BCUT2D eigenvalue weighted by Gasteiger charge is -2.18. The number of aromatic carboxylic acids is 1. The molecule has 0 aliphatic carbocycles. The Hall–Kier alpha value is -4.84. The summed E-state index contributed by atoms with van der Waals surface area (Å²) in [5.41, 5.74) is 1.35. The van der Waals surface area contributed by atoms with Gasteiger partial charge in [0.2, 0.25) is 0 Å². The quantitative estimate of drug-likeness (QED) is 0.227. The number of carbonyl (C=O) groups is 2. The SMILES string of the molecule is COCC(Cc1ccc(O)cc1)NC(=O)c1cc(C(=O)O)c2cc(COc3cccc(OC(F)(F)F)c3)ccc2n1. The minimum Gasteiger partial charge on any atom is -0.508 e. The number of benzene rings is 3. The fourth-order valence-corrected chi connectivity index (χ4v) is 4.11. The zero-order valence-electron chi connectivity index (χ0n) is 21.6. The third-order valence-electron chi connectivity index (χ3n) is 5.90. The number of rotatable bonds is 11. The maximum Gasteiger partial charge on any atom is 0.573 e. The molecule has 0 radical (unpaired) electrons. The molecule has 0 spiro atoms. The number of ether oxygens (including phenoxy) is 3. The normalized spacial score (nSPS) is 12.1. The molecule has 0 aliphatic heterocycles. The van der Waals surface area contributed by atoms with Crippen molar-refractivity contribution in [2.24, 2.45) is 0 Å². The van der Waals surface area contributed by atoms with Gasteiger partial charge in [-0.3, -0.25) is 4.79 Å². The fourth-order valence-electron chi connectivity index (χ4n) is 4.11. The number of aromatic hydroxyl groups is 1. The van der Waals surface area contributed by atoms with Crippen LogP contribution in [0.15, 0.2) is 72.8 Å². The molecule has 9 nitrogen and oxygen atoms in total. The molecule has 0 aliphatic rings. The van der Waals surface area contributed by atoms with Crippen LogP contribution in [0.25, 0.3) is 10.9 Å². The topological polar surface area (TPSA) is 127 Å². The molecule has 0 bridgehead atoms. The Labute approximate surface area is 232 Å². The minimum absolute atomic E-state index is 0.0807. The number of amides is 1. The second-order valence-corrected chi connectivity index (χ2v) is 9.02. The monoisotopic (exact) mass is 570 g/mol. The molecule has 3 aromatic carbocycles. The first kappa shape index (κ1) is 29.2. The zero-order valence-corrected chi connectivity index (χ0v) is 21.6. The smallest absolute Gasteiger partial charge is 0.508 e. The number of carbonyl (C=O) groups excluding carboxylic acids is 1. The summed E-state index contributed by atoms with van der Waals surface area (Å²) in [4.78, 5) is 29.5. The van der Waals surface area contributed by atoms with E-state index < -0.39 is 30.0 Å². The Morgan fingerprint density at radius 2 is 1.68 bits per heavy atom. The number of nitrogens with one attached hydrogen (secondary N) is 1. The van der Waals surface area contributed by atoms with Gasteiger partial charge in [-0.15, -0.1) is 13.2 Å². The number of methoxy groups -OCH3 is 1. The summed E-state index contributed by atoms with van der Waals surface area (Å²) < 4.78 is 52.2. The molecule has 41 heavy (non-hydrogen) atoms. The predicted molar refractivity (Wildman–Crippen MR) is 141 cm³/mol. The molecule has 214 valence electrons. The van der Waals surface area contributed by atoms with Crippen LogP contribution in [0.4, 0.5) is 13.2 Å². The van der Waals surface area contributed by atoms with Crippen LogP contribution >= 0.6 is 0 Å². The van der Waals surface area contributed by atoms with Gasteiger partial charge in [0.25, 0.3) is 5.91 Å². The zero-order chi connectivity index (χ0) is 29.6. The van der Waals surface area contributed by atoms with E-state index in [2.05, 4.69) is 15.0 Å². The van der Waals surface area contributed by atoms with Gasteiger partial charge in [0.1, 0.15) is 29.5 Å². The summed E-state index contributed by atoms with van der Waals surface area (Å²) in [5, 5.41) is 22.4. The van der Waals surface area contributed by atoms with Crippen molar-refractivity contribution in [1.29, 1.82) is 0 Å². The van der Waals surface area contributed by atoms with Crippen LogP contribution in [0, 0.1) is 0 Å². The van der Waals surface area contributed by atoms with Gasteiger partial charge < -0.3 is 29.7 Å². The molecule has 0 fully saturated rings. The third-order valence-corrected chi connectivity index (χ3v) is 5.90. The number of phenols is 1. The van der Waals surface area contributed by atoms with Gasteiger partial charge in [-0.2, -0.15) is 0 Å². The van der Waals surface area contributed by atoms with Crippen LogP contribution in [0.2, 0.25) is 0 Å². The Morgan fingerprint density at radius 1 is 0.976 bits per heavy atom. The fraction of sp³-hybridized carbons (Fsp3) is 0.207. The van der Waals surface area contributed by atoms with E-state index in [-0.39, 0.29) is 46.9 Å². The Bertz CT molecular complexity index is 1540. The Kier molecular flexibility index (Phi) is 8.93. The second-order valence-electron chi connectivity index (χ2n) is 9.02. The van der Waals surface area contributed by atoms with Gasteiger partial charge >= 0.3 is 12.3 Å². The molecule has 1 aromatic heterocycles. The molecule has 0 saturated carbocycles. The van der Waals surface area contributed by atoms with E-state index in [1.807, 2.05) is 0 Å². The van der Waals surface area contributed by atoms with Crippen LogP contribution in [-0.2, 0) is 17.8 Å². The number of nitrogens with zero attached hydrogens (tertiary/aromatic N) is 1. The predicted octanol–water partition coefficient (Wildman–Crippen LogP) is 5.10. The molecule has 12 heteroatoms. The van der Waals surface area contributed by atoms with E-state index in [1.54, 1.807) is 18.2 Å². The van der Waals surface area contributed by atoms with Crippen molar-refractivity contribution < 1.29 is 47.2 Å². The molecule has 1 unspecified atom stereocenters. The molecule has 1 amide bonds. The van der Waals surface area contributed by atoms with Crippen molar-refractivity contribution in [3.05, 3.63) is 95.2 Å². The van der Waals surface area contributed by atoms with Gasteiger partial charge in [0.05, 0.1) is 23.7 Å². The number of halogens is 3. The van der Waals surface area contributed by atoms with Crippen molar-refractivity contribution in [1.82, 2.24) is 10.3 Å². The number of fused-ring (bicyclic) bond motifs is 1. The molecule has 0 saturated heterocycles. The third kappa shape index (κ3) is 8.08. The number of alkyl halides is 3. The van der Waals surface area contributed by atoms with Gasteiger partial charge in [-0.1, -0.05) is 24.3 Å². The minimum atomic E-state index is -4.84. The highest BCUT2D eigenvalue weighted by molar-refractivity contribution is 6.06. The molecule has 1 heterocycles. The van der Waals surface area contributed by atoms with Gasteiger partial charge in [0.15, 0.2) is 0 Å². The first-order chi connectivity index (χ1) is 19.5. The maximum absolute atomic E-state index is 13.1. The van der Waals surface area contributed by atoms with E-state index in [1.165, 1.54) is 49.6 Å². The average molecular weight is 571 g/mol.